The Morgan fingerprint density at radius 2 is 1.82 bits per heavy atom. The zero-order valence-corrected chi connectivity index (χ0v) is 24.2. The number of hydrogen-bond donors (Lipinski definition) is 1. The smallest absolute Gasteiger partial charge is 0.338 e. The number of halogens is 1. The molecule has 8 atom stereocenters. The maximum Gasteiger partial charge on any atom is 0.338 e. The molecule has 40 heavy (non-hydrogen) atoms. The molecular weight excluding hydrogens is 532 g/mol. The lowest BCUT2D eigenvalue weighted by atomic mass is 9.45. The Morgan fingerprint density at radius 3 is 2.50 bits per heavy atom. The van der Waals surface area contributed by atoms with E-state index in [-0.39, 0.29) is 30.5 Å². The van der Waals surface area contributed by atoms with Gasteiger partial charge in [-0.05, 0) is 61.8 Å². The predicted molar refractivity (Wildman–Crippen MR) is 148 cm³/mol. The summed E-state index contributed by atoms with van der Waals surface area (Å²) in [6.07, 6.45) is 5.93. The van der Waals surface area contributed by atoms with Crippen LogP contribution in [0.25, 0.3) is 0 Å². The summed E-state index contributed by atoms with van der Waals surface area (Å²) < 4.78 is 11.6. The molecule has 8 heteroatoms. The lowest BCUT2D eigenvalue weighted by Gasteiger charge is -2.64. The largest absolute Gasteiger partial charge is 0.454 e. The maximum atomic E-state index is 14.2. The van der Waals surface area contributed by atoms with Crippen molar-refractivity contribution in [2.75, 3.05) is 6.61 Å². The van der Waals surface area contributed by atoms with Gasteiger partial charge in [-0.15, -0.1) is 11.6 Å². The highest BCUT2D eigenvalue weighted by Gasteiger charge is 2.76. The second kappa shape index (κ2) is 9.95. The third-order valence-electron chi connectivity index (χ3n) is 10.5. The van der Waals surface area contributed by atoms with E-state index >= 15 is 0 Å². The van der Waals surface area contributed by atoms with Crippen molar-refractivity contribution in [3.8, 4) is 0 Å². The molecule has 3 saturated carbocycles. The summed E-state index contributed by atoms with van der Waals surface area (Å²) in [5, 5.41) is 11.9. The molecular formula is C32H37ClO7. The van der Waals surface area contributed by atoms with Crippen molar-refractivity contribution in [2.45, 2.75) is 76.4 Å². The molecule has 4 aliphatic carbocycles. The molecule has 0 amide bonds. The zero-order chi connectivity index (χ0) is 29.1. The van der Waals surface area contributed by atoms with Crippen LogP contribution in [-0.2, 0) is 23.9 Å². The number of allylic oxidation sites excluding steroid dienone is 4. The average molecular weight is 569 g/mol. The highest BCUT2D eigenvalue weighted by molar-refractivity contribution is 6.26. The third kappa shape index (κ3) is 3.87. The molecule has 5 rings (SSSR count). The first-order valence-corrected chi connectivity index (χ1v) is 14.5. The van der Waals surface area contributed by atoms with Gasteiger partial charge in [0.2, 0.25) is 5.78 Å². The number of ketones is 2. The van der Waals surface area contributed by atoms with Crippen LogP contribution in [-0.4, -0.2) is 51.8 Å². The Morgan fingerprint density at radius 1 is 1.12 bits per heavy atom. The standard InChI is InChI=1S/C32H37ClO7/c1-5-27(37)40-32(26(36)18-39-28(38)20-9-7-6-8-10-20)19(2)15-24-23-12-11-21-16-22(34)13-14-29(21,3)31(23,33)25(35)17-30(24,32)4/h6-10,13-14,16,19,23-25,35H,5,11-12,15,17-18H2,1-4H3/t19?,23-,24-,25?,29-,30-,31-,32-/m0/s1. The summed E-state index contributed by atoms with van der Waals surface area (Å²) in [5.41, 5.74) is -2.07. The molecule has 1 aromatic rings. The van der Waals surface area contributed by atoms with Crippen molar-refractivity contribution in [2.24, 2.45) is 28.6 Å². The molecule has 0 heterocycles. The van der Waals surface area contributed by atoms with E-state index in [2.05, 4.69) is 0 Å². The number of carbonyl (C=O) groups is 4. The van der Waals surface area contributed by atoms with Crippen LogP contribution in [0.3, 0.4) is 0 Å². The fraction of sp³-hybridized carbons (Fsp3) is 0.562. The van der Waals surface area contributed by atoms with E-state index in [0.717, 1.165) is 5.57 Å². The van der Waals surface area contributed by atoms with Crippen molar-refractivity contribution >= 4 is 35.1 Å². The van der Waals surface area contributed by atoms with Crippen LogP contribution >= 0.6 is 11.6 Å². The molecule has 0 radical (unpaired) electrons. The average Bonchev–Trinajstić information content (AvgIpc) is 3.15. The minimum Gasteiger partial charge on any atom is -0.454 e. The Bertz CT molecular complexity index is 1300. The monoisotopic (exact) mass is 568 g/mol. The number of alkyl halides is 1. The van der Waals surface area contributed by atoms with Gasteiger partial charge in [-0.2, -0.15) is 0 Å². The third-order valence-corrected chi connectivity index (χ3v) is 11.4. The van der Waals surface area contributed by atoms with E-state index in [9.17, 15) is 24.3 Å². The fourth-order valence-corrected chi connectivity index (χ4v) is 9.07. The molecule has 0 saturated heterocycles. The highest BCUT2D eigenvalue weighted by atomic mass is 35.5. The van der Waals surface area contributed by atoms with E-state index in [1.54, 1.807) is 43.3 Å². The number of ether oxygens (including phenoxy) is 2. The van der Waals surface area contributed by atoms with Crippen LogP contribution in [0.4, 0.5) is 0 Å². The Labute approximate surface area is 239 Å². The van der Waals surface area contributed by atoms with Crippen LogP contribution < -0.4 is 0 Å². The number of esters is 2. The summed E-state index contributed by atoms with van der Waals surface area (Å²) in [5.74, 6) is -2.52. The highest BCUT2D eigenvalue weighted by Crippen LogP contribution is 2.72. The zero-order valence-electron chi connectivity index (χ0n) is 23.4. The first-order chi connectivity index (χ1) is 18.8. The quantitative estimate of drug-likeness (QED) is 0.380. The van der Waals surface area contributed by atoms with Gasteiger partial charge in [0.25, 0.3) is 0 Å². The van der Waals surface area contributed by atoms with Crippen LogP contribution in [0.15, 0.2) is 54.1 Å². The van der Waals surface area contributed by atoms with Gasteiger partial charge >= 0.3 is 11.9 Å². The van der Waals surface area contributed by atoms with Crippen LogP contribution in [0.5, 0.6) is 0 Å². The number of Topliss-reactive ketones (excluding diaryl/α,β-unsaturated/α-hetero) is 1. The second-order valence-electron chi connectivity index (χ2n) is 12.3. The number of aliphatic hydroxyl groups excluding tert-OH is 1. The lowest BCUT2D eigenvalue weighted by molar-refractivity contribution is -0.202. The van der Waals surface area contributed by atoms with E-state index in [1.807, 2.05) is 26.8 Å². The molecule has 1 aromatic carbocycles. The number of aliphatic hydroxyl groups is 1. The number of benzene rings is 1. The maximum absolute atomic E-state index is 14.2. The van der Waals surface area contributed by atoms with Gasteiger partial charge in [-0.1, -0.05) is 57.5 Å². The van der Waals surface area contributed by atoms with Crippen molar-refractivity contribution in [3.63, 3.8) is 0 Å². The van der Waals surface area contributed by atoms with Gasteiger partial charge in [-0.25, -0.2) is 4.79 Å². The molecule has 0 bridgehead atoms. The summed E-state index contributed by atoms with van der Waals surface area (Å²) in [6.45, 7) is 6.89. The molecule has 214 valence electrons. The van der Waals surface area contributed by atoms with Crippen LogP contribution in [0.2, 0.25) is 0 Å². The Kier molecular flexibility index (Phi) is 7.15. The van der Waals surface area contributed by atoms with E-state index in [1.165, 1.54) is 6.08 Å². The Hall–Kier alpha value is -2.77. The number of hydrogen-bond acceptors (Lipinski definition) is 7. The summed E-state index contributed by atoms with van der Waals surface area (Å²) >= 11 is 7.53. The normalized spacial score (nSPS) is 39.9. The van der Waals surface area contributed by atoms with Gasteiger partial charge < -0.3 is 14.6 Å². The minimum atomic E-state index is -1.60. The molecule has 7 nitrogen and oxygen atoms in total. The van der Waals surface area contributed by atoms with Crippen molar-refractivity contribution in [1.29, 1.82) is 0 Å². The molecule has 1 N–H and O–H groups in total. The first-order valence-electron chi connectivity index (χ1n) is 14.1. The van der Waals surface area contributed by atoms with Crippen molar-refractivity contribution in [1.82, 2.24) is 0 Å². The fourth-order valence-electron chi connectivity index (χ4n) is 8.55. The SMILES string of the molecule is CCC(=O)O[C@]1(C(=O)COC(=O)c2ccccc2)C(C)C[C@H]2[C@@H]3CCC4=CC(=O)C=C[C@]4(C)[C@@]3(Cl)C(O)C[C@@]21C. The summed E-state index contributed by atoms with van der Waals surface area (Å²) in [4.78, 5) is 50.8. The van der Waals surface area contributed by atoms with E-state index in [4.69, 9.17) is 21.1 Å². The molecule has 2 unspecified atom stereocenters. The number of rotatable bonds is 6. The van der Waals surface area contributed by atoms with Gasteiger partial charge in [0.05, 0.1) is 16.5 Å². The Balaban J connectivity index is 1.53. The predicted octanol–water partition coefficient (Wildman–Crippen LogP) is 4.99. The van der Waals surface area contributed by atoms with E-state index < -0.39 is 57.7 Å². The second-order valence-corrected chi connectivity index (χ2v) is 13.0. The van der Waals surface area contributed by atoms with Crippen LogP contribution in [0, 0.1) is 28.6 Å². The van der Waals surface area contributed by atoms with Crippen LogP contribution in [0.1, 0.15) is 70.2 Å². The first kappa shape index (κ1) is 28.7. The van der Waals surface area contributed by atoms with Gasteiger partial charge in [0.1, 0.15) is 0 Å². The molecule has 0 spiro atoms. The van der Waals surface area contributed by atoms with Gasteiger partial charge in [0, 0.05) is 23.2 Å². The molecule has 0 aliphatic heterocycles. The molecule has 0 aromatic heterocycles. The topological polar surface area (TPSA) is 107 Å². The molecule has 3 fully saturated rings. The number of carbonyl (C=O) groups excluding carboxylic acids is 4. The number of fused-ring (bicyclic) bond motifs is 5. The minimum absolute atomic E-state index is 0.0722. The summed E-state index contributed by atoms with van der Waals surface area (Å²) in [7, 11) is 0. The van der Waals surface area contributed by atoms with E-state index in [0.29, 0.717) is 24.8 Å². The van der Waals surface area contributed by atoms with Gasteiger partial charge in [0.15, 0.2) is 18.0 Å². The summed E-state index contributed by atoms with van der Waals surface area (Å²) in [6, 6.07) is 8.40. The van der Waals surface area contributed by atoms with Crippen molar-refractivity contribution < 1.29 is 33.8 Å². The molecule has 4 aliphatic rings. The van der Waals surface area contributed by atoms with Crippen molar-refractivity contribution in [3.05, 3.63) is 59.7 Å². The lowest BCUT2D eigenvalue weighted by Crippen LogP contribution is -2.69. The van der Waals surface area contributed by atoms with Gasteiger partial charge in [-0.3, -0.25) is 14.4 Å².